The van der Waals surface area contributed by atoms with E-state index in [-0.39, 0.29) is 13.1 Å². The third-order valence-corrected chi connectivity index (χ3v) is 2.10. The highest BCUT2D eigenvalue weighted by molar-refractivity contribution is 5.80. The van der Waals surface area contributed by atoms with Crippen molar-refractivity contribution in [1.29, 1.82) is 0 Å². The number of amides is 2. The molecule has 2 amide bonds. The number of nitrogens with zero attached hydrogens (tertiary/aromatic N) is 3. The molecule has 7 heteroatoms. The Hall–Kier alpha value is -2.49. The van der Waals surface area contributed by atoms with E-state index in [1.807, 2.05) is 0 Å². The summed E-state index contributed by atoms with van der Waals surface area (Å²) in [6.07, 6.45) is 8.44. The Bertz CT molecular complexity index is 475. The second kappa shape index (κ2) is 6.30. The van der Waals surface area contributed by atoms with Gasteiger partial charge in [-0.25, -0.2) is 4.79 Å². The first-order valence-corrected chi connectivity index (χ1v) is 5.18. The number of carbonyl (C=O) groups excluding carboxylic acids is 1. The highest BCUT2D eigenvalue weighted by Gasteiger charge is 2.15. The molecule has 1 rings (SSSR count). The summed E-state index contributed by atoms with van der Waals surface area (Å²) in [7, 11) is 1.76. The SMILES string of the molecule is C#CCN(CC(=O)O)C(=O)NCc1cnn(C)c1. The van der Waals surface area contributed by atoms with Crippen LogP contribution in [0, 0.1) is 12.3 Å². The first-order valence-electron chi connectivity index (χ1n) is 5.18. The monoisotopic (exact) mass is 250 g/mol. The summed E-state index contributed by atoms with van der Waals surface area (Å²) in [4.78, 5) is 23.3. The Morgan fingerprint density at radius 3 is 2.89 bits per heavy atom. The van der Waals surface area contributed by atoms with Crippen molar-refractivity contribution in [3.8, 4) is 12.3 Å². The largest absolute Gasteiger partial charge is 0.480 e. The van der Waals surface area contributed by atoms with Crippen LogP contribution in [-0.4, -0.2) is 44.9 Å². The normalized spacial score (nSPS) is 9.56. The van der Waals surface area contributed by atoms with Crippen molar-refractivity contribution in [2.24, 2.45) is 7.05 Å². The second-order valence-electron chi connectivity index (χ2n) is 3.63. The van der Waals surface area contributed by atoms with E-state index in [0.717, 1.165) is 10.5 Å². The molecule has 2 N–H and O–H groups in total. The number of carboxylic acids is 1. The van der Waals surface area contributed by atoms with Gasteiger partial charge in [0.1, 0.15) is 6.54 Å². The van der Waals surface area contributed by atoms with Crippen molar-refractivity contribution < 1.29 is 14.7 Å². The molecule has 0 aromatic carbocycles. The van der Waals surface area contributed by atoms with Gasteiger partial charge >= 0.3 is 12.0 Å². The van der Waals surface area contributed by atoms with E-state index in [2.05, 4.69) is 16.3 Å². The zero-order valence-corrected chi connectivity index (χ0v) is 9.96. The number of urea groups is 1. The molecule has 0 aliphatic carbocycles. The maximum Gasteiger partial charge on any atom is 0.323 e. The average molecular weight is 250 g/mol. The molecule has 0 saturated heterocycles. The number of aromatic nitrogens is 2. The van der Waals surface area contributed by atoms with Gasteiger partial charge in [0.25, 0.3) is 0 Å². The smallest absolute Gasteiger partial charge is 0.323 e. The predicted octanol–water partition coefficient (Wildman–Crippen LogP) is -0.350. The molecule has 0 spiro atoms. The molecule has 0 aliphatic heterocycles. The molecule has 0 aliphatic rings. The fraction of sp³-hybridized carbons (Fsp3) is 0.364. The Morgan fingerprint density at radius 1 is 1.67 bits per heavy atom. The highest BCUT2D eigenvalue weighted by Crippen LogP contribution is 1.96. The van der Waals surface area contributed by atoms with Crippen molar-refractivity contribution in [1.82, 2.24) is 20.0 Å². The lowest BCUT2D eigenvalue weighted by Gasteiger charge is -2.18. The van der Waals surface area contributed by atoms with E-state index in [1.165, 1.54) is 0 Å². The summed E-state index contributed by atoms with van der Waals surface area (Å²) in [6.45, 7) is -0.207. The highest BCUT2D eigenvalue weighted by atomic mass is 16.4. The number of carbonyl (C=O) groups is 2. The number of carboxylic acid groups (broad SMARTS) is 1. The number of aryl methyl sites for hydroxylation is 1. The van der Waals surface area contributed by atoms with Crippen LogP contribution in [0.4, 0.5) is 4.79 Å². The standard InChI is InChI=1S/C11H14N4O3/c1-3-4-15(8-10(16)17)11(18)12-5-9-6-13-14(2)7-9/h1,6-7H,4-5,8H2,2H3,(H,12,18)(H,16,17). The molecule has 1 aromatic heterocycles. The summed E-state index contributed by atoms with van der Waals surface area (Å²) in [5.74, 6) is 1.13. The number of aliphatic carboxylic acids is 1. The maximum atomic E-state index is 11.7. The summed E-state index contributed by atoms with van der Waals surface area (Å²) < 4.78 is 1.61. The van der Waals surface area contributed by atoms with Crippen LogP contribution in [0.5, 0.6) is 0 Å². The average Bonchev–Trinajstić information content (AvgIpc) is 2.71. The van der Waals surface area contributed by atoms with Crippen LogP contribution < -0.4 is 5.32 Å². The number of hydrogen-bond acceptors (Lipinski definition) is 3. The Balaban J connectivity index is 2.51. The Labute approximate surface area is 104 Å². The van der Waals surface area contributed by atoms with E-state index >= 15 is 0 Å². The van der Waals surface area contributed by atoms with Crippen molar-refractivity contribution >= 4 is 12.0 Å². The zero-order valence-electron chi connectivity index (χ0n) is 9.96. The summed E-state index contributed by atoms with van der Waals surface area (Å²) >= 11 is 0. The van der Waals surface area contributed by atoms with Gasteiger partial charge in [0.15, 0.2) is 0 Å². The Morgan fingerprint density at radius 2 is 2.39 bits per heavy atom. The van der Waals surface area contributed by atoms with Crippen LogP contribution in [0.2, 0.25) is 0 Å². The van der Waals surface area contributed by atoms with Gasteiger partial charge in [-0.3, -0.25) is 9.48 Å². The molecule has 0 unspecified atom stereocenters. The van der Waals surface area contributed by atoms with Gasteiger partial charge in [-0.15, -0.1) is 6.42 Å². The van der Waals surface area contributed by atoms with Crippen LogP contribution in [0.1, 0.15) is 5.56 Å². The quantitative estimate of drug-likeness (QED) is 0.699. The summed E-state index contributed by atoms with van der Waals surface area (Å²) in [6, 6.07) is -0.515. The number of nitrogens with one attached hydrogen (secondary N) is 1. The van der Waals surface area contributed by atoms with E-state index < -0.39 is 18.5 Å². The van der Waals surface area contributed by atoms with Crippen LogP contribution in [0.3, 0.4) is 0 Å². The fourth-order valence-corrected chi connectivity index (χ4v) is 1.33. The third-order valence-electron chi connectivity index (χ3n) is 2.10. The molecule has 18 heavy (non-hydrogen) atoms. The van der Waals surface area contributed by atoms with Gasteiger partial charge in [-0.2, -0.15) is 5.10 Å². The molecule has 0 fully saturated rings. The Kier molecular flexibility index (Phi) is 4.75. The van der Waals surface area contributed by atoms with Gasteiger partial charge in [-0.1, -0.05) is 5.92 Å². The van der Waals surface area contributed by atoms with Crippen molar-refractivity contribution in [3.05, 3.63) is 18.0 Å². The molecule has 0 atom stereocenters. The molecule has 7 nitrogen and oxygen atoms in total. The van der Waals surface area contributed by atoms with Crippen LogP contribution >= 0.6 is 0 Å². The second-order valence-corrected chi connectivity index (χ2v) is 3.63. The number of terminal acetylenes is 1. The zero-order chi connectivity index (χ0) is 13.5. The van der Waals surface area contributed by atoms with Crippen LogP contribution in [-0.2, 0) is 18.4 Å². The molecular weight excluding hydrogens is 236 g/mol. The molecular formula is C11H14N4O3. The van der Waals surface area contributed by atoms with Gasteiger partial charge in [0.05, 0.1) is 12.7 Å². The van der Waals surface area contributed by atoms with E-state index in [4.69, 9.17) is 11.5 Å². The van der Waals surface area contributed by atoms with Gasteiger partial charge in [0, 0.05) is 25.4 Å². The first kappa shape index (κ1) is 13.6. The van der Waals surface area contributed by atoms with E-state index in [0.29, 0.717) is 0 Å². The fourth-order valence-electron chi connectivity index (χ4n) is 1.33. The van der Waals surface area contributed by atoms with Crippen molar-refractivity contribution in [3.63, 3.8) is 0 Å². The van der Waals surface area contributed by atoms with Crippen molar-refractivity contribution in [2.75, 3.05) is 13.1 Å². The molecule has 1 heterocycles. The van der Waals surface area contributed by atoms with Crippen molar-refractivity contribution in [2.45, 2.75) is 6.54 Å². The topological polar surface area (TPSA) is 87.5 Å². The first-order chi connectivity index (χ1) is 8.52. The summed E-state index contributed by atoms with van der Waals surface area (Å²) in [5, 5.41) is 15.2. The lowest BCUT2D eigenvalue weighted by atomic mass is 10.3. The molecule has 96 valence electrons. The van der Waals surface area contributed by atoms with Gasteiger partial charge in [0.2, 0.25) is 0 Å². The predicted molar refractivity (Wildman–Crippen MR) is 63.5 cm³/mol. The van der Waals surface area contributed by atoms with E-state index in [9.17, 15) is 9.59 Å². The van der Waals surface area contributed by atoms with Gasteiger partial charge in [-0.05, 0) is 0 Å². The minimum Gasteiger partial charge on any atom is -0.480 e. The lowest BCUT2D eigenvalue weighted by molar-refractivity contribution is -0.137. The minimum atomic E-state index is -1.11. The molecule has 0 radical (unpaired) electrons. The third kappa shape index (κ3) is 4.17. The summed E-state index contributed by atoms with van der Waals surface area (Å²) in [5.41, 5.74) is 0.821. The van der Waals surface area contributed by atoms with Gasteiger partial charge < -0.3 is 15.3 Å². The van der Waals surface area contributed by atoms with Crippen LogP contribution in [0.15, 0.2) is 12.4 Å². The molecule has 0 saturated carbocycles. The lowest BCUT2D eigenvalue weighted by Crippen LogP contribution is -2.42. The molecule has 1 aromatic rings. The number of hydrogen-bond donors (Lipinski definition) is 2. The van der Waals surface area contributed by atoms with Crippen LogP contribution in [0.25, 0.3) is 0 Å². The number of rotatable bonds is 5. The maximum absolute atomic E-state index is 11.7. The van der Waals surface area contributed by atoms with E-state index in [1.54, 1.807) is 24.1 Å². The molecule has 0 bridgehead atoms. The minimum absolute atomic E-state index is 0.0504.